The van der Waals surface area contributed by atoms with E-state index < -0.39 is 29.1 Å². The van der Waals surface area contributed by atoms with Crippen molar-refractivity contribution in [2.45, 2.75) is 18.3 Å². The molecule has 1 atom stereocenters. The lowest BCUT2D eigenvalue weighted by Crippen LogP contribution is -2.42. The highest BCUT2D eigenvalue weighted by Gasteiger charge is 2.59. The normalized spacial score (nSPS) is 29.7. The summed E-state index contributed by atoms with van der Waals surface area (Å²) in [5.74, 6) is -1.38. The molecule has 0 bridgehead atoms. The maximum absolute atomic E-state index is 13.1. The van der Waals surface area contributed by atoms with E-state index in [4.69, 9.17) is 11.6 Å². The Balaban J connectivity index is 3.15. The minimum Gasteiger partial charge on any atom is -0.227 e. The summed E-state index contributed by atoms with van der Waals surface area (Å²) in [6.07, 6.45) is -4.70. The van der Waals surface area contributed by atoms with E-state index in [9.17, 15) is 22.0 Å². The summed E-state index contributed by atoms with van der Waals surface area (Å²) >= 11 is 4.92. The van der Waals surface area contributed by atoms with Crippen LogP contribution in [0.5, 0.6) is 0 Å². The molecule has 0 aliphatic heterocycles. The number of halogens is 6. The smallest absolute Gasteiger partial charge is 0.227 e. The molecule has 6 heteroatoms. The van der Waals surface area contributed by atoms with E-state index in [1.54, 1.807) is 0 Å². The fourth-order valence-corrected chi connectivity index (χ4v) is 1.16. The molecule has 0 nitrogen and oxygen atoms in total. The Morgan fingerprint density at radius 2 is 1.92 bits per heavy atom. The molecule has 0 spiro atoms. The van der Waals surface area contributed by atoms with Crippen molar-refractivity contribution in [3.63, 3.8) is 0 Å². The van der Waals surface area contributed by atoms with Crippen LogP contribution in [0.25, 0.3) is 0 Å². The molecule has 0 aromatic carbocycles. The molecule has 0 amide bonds. The van der Waals surface area contributed by atoms with Gasteiger partial charge in [-0.1, -0.05) is 17.7 Å². The number of hydrogen-bond acceptors (Lipinski definition) is 0. The zero-order valence-corrected chi connectivity index (χ0v) is 6.89. The molecule has 13 heavy (non-hydrogen) atoms. The average Bonchev–Trinajstić information content (AvgIpc) is 1.98. The number of allylic oxidation sites excluding steroid dienone is 4. The number of rotatable bonds is 0. The van der Waals surface area contributed by atoms with Crippen LogP contribution in [0, 0.1) is 0 Å². The van der Waals surface area contributed by atoms with Crippen molar-refractivity contribution < 1.29 is 22.0 Å². The highest BCUT2D eigenvalue weighted by molar-refractivity contribution is 6.31. The fourth-order valence-electron chi connectivity index (χ4n) is 0.917. The van der Waals surface area contributed by atoms with Gasteiger partial charge in [0.2, 0.25) is 5.67 Å². The highest BCUT2D eigenvalue weighted by Crippen LogP contribution is 2.47. The Labute approximate surface area is 75.7 Å². The molecule has 0 radical (unpaired) electrons. The van der Waals surface area contributed by atoms with Crippen LogP contribution in [0.15, 0.2) is 23.0 Å². The molecule has 0 saturated carbocycles. The molecule has 0 saturated heterocycles. The van der Waals surface area contributed by atoms with Gasteiger partial charge in [-0.25, -0.2) is 8.78 Å². The van der Waals surface area contributed by atoms with Gasteiger partial charge < -0.3 is 0 Å². The highest BCUT2D eigenvalue weighted by atomic mass is 35.5. The summed E-state index contributed by atoms with van der Waals surface area (Å²) in [5, 5.41) is -1.43. The molecule has 1 rings (SSSR count). The van der Waals surface area contributed by atoms with Gasteiger partial charge in [-0.2, -0.15) is 13.2 Å². The molecular weight excluding hydrogens is 215 g/mol. The lowest BCUT2D eigenvalue weighted by molar-refractivity contribution is -0.213. The maximum atomic E-state index is 13.1. The average molecular weight is 219 g/mol. The van der Waals surface area contributed by atoms with Crippen LogP contribution in [-0.4, -0.2) is 11.8 Å². The van der Waals surface area contributed by atoms with E-state index in [2.05, 4.69) is 0 Å². The summed E-state index contributed by atoms with van der Waals surface area (Å²) in [4.78, 5) is 0. The van der Waals surface area contributed by atoms with Crippen LogP contribution >= 0.6 is 11.6 Å². The van der Waals surface area contributed by atoms with Gasteiger partial charge in [-0.05, 0) is 6.08 Å². The quantitative estimate of drug-likeness (QED) is 0.545. The number of alkyl halides is 4. The summed E-state index contributed by atoms with van der Waals surface area (Å²) in [5.41, 5.74) is -3.77. The van der Waals surface area contributed by atoms with Crippen LogP contribution in [-0.2, 0) is 0 Å². The van der Waals surface area contributed by atoms with E-state index in [0.717, 1.165) is 6.08 Å². The zero-order valence-electron chi connectivity index (χ0n) is 6.13. The molecule has 1 aliphatic rings. The van der Waals surface area contributed by atoms with Crippen LogP contribution < -0.4 is 0 Å². The standard InChI is InChI=1S/C7H4ClF5/c8-5-4(9)2-1-3-6(5,10)7(11,12)13/h1-2H,3H2. The van der Waals surface area contributed by atoms with Crippen molar-refractivity contribution >= 4 is 11.6 Å². The minimum atomic E-state index is -5.19. The van der Waals surface area contributed by atoms with Gasteiger partial charge in [-0.3, -0.25) is 0 Å². The third kappa shape index (κ3) is 1.57. The van der Waals surface area contributed by atoms with Crippen LogP contribution in [0.1, 0.15) is 6.42 Å². The Hall–Kier alpha value is -0.580. The second-order valence-electron chi connectivity index (χ2n) is 2.57. The second kappa shape index (κ2) is 2.97. The van der Waals surface area contributed by atoms with Gasteiger partial charge in [0.25, 0.3) is 0 Å². The van der Waals surface area contributed by atoms with Gasteiger partial charge in [0.05, 0.1) is 0 Å². The van der Waals surface area contributed by atoms with Gasteiger partial charge in [0.15, 0.2) is 0 Å². The van der Waals surface area contributed by atoms with E-state index in [1.165, 1.54) is 0 Å². The Morgan fingerprint density at radius 3 is 2.31 bits per heavy atom. The van der Waals surface area contributed by atoms with E-state index >= 15 is 0 Å². The summed E-state index contributed by atoms with van der Waals surface area (Å²) in [6.45, 7) is 0. The van der Waals surface area contributed by atoms with Gasteiger partial charge in [0.1, 0.15) is 10.9 Å². The number of hydrogen-bond donors (Lipinski definition) is 0. The molecule has 0 aromatic rings. The van der Waals surface area contributed by atoms with Gasteiger partial charge in [0, 0.05) is 6.42 Å². The lowest BCUT2D eigenvalue weighted by atomic mass is 9.96. The molecule has 1 unspecified atom stereocenters. The van der Waals surface area contributed by atoms with Crippen molar-refractivity contribution in [2.75, 3.05) is 0 Å². The van der Waals surface area contributed by atoms with Gasteiger partial charge >= 0.3 is 6.18 Å². The van der Waals surface area contributed by atoms with E-state index in [0.29, 0.717) is 6.08 Å². The first-order valence-corrected chi connectivity index (χ1v) is 3.65. The van der Waals surface area contributed by atoms with Crippen molar-refractivity contribution in [3.8, 4) is 0 Å². The van der Waals surface area contributed by atoms with Crippen LogP contribution in [0.4, 0.5) is 22.0 Å². The zero-order chi connectivity index (χ0) is 10.3. The monoisotopic (exact) mass is 218 g/mol. The van der Waals surface area contributed by atoms with Crippen LogP contribution in [0.3, 0.4) is 0 Å². The summed E-state index contributed by atoms with van der Waals surface area (Å²) < 4.78 is 61.8. The van der Waals surface area contributed by atoms with Crippen molar-refractivity contribution in [1.29, 1.82) is 0 Å². The molecule has 0 fully saturated rings. The molecule has 0 heterocycles. The largest absolute Gasteiger partial charge is 0.428 e. The van der Waals surface area contributed by atoms with Crippen molar-refractivity contribution in [2.24, 2.45) is 0 Å². The summed E-state index contributed by atoms with van der Waals surface area (Å²) in [7, 11) is 0. The fraction of sp³-hybridized carbons (Fsp3) is 0.429. The first-order valence-electron chi connectivity index (χ1n) is 3.27. The first kappa shape index (κ1) is 10.5. The van der Waals surface area contributed by atoms with Crippen LogP contribution in [0.2, 0.25) is 0 Å². The Morgan fingerprint density at radius 1 is 1.38 bits per heavy atom. The minimum absolute atomic E-state index is 0.714. The molecule has 1 aliphatic carbocycles. The third-order valence-corrected chi connectivity index (χ3v) is 2.15. The second-order valence-corrected chi connectivity index (χ2v) is 2.95. The topological polar surface area (TPSA) is 0 Å². The van der Waals surface area contributed by atoms with E-state index in [-0.39, 0.29) is 0 Å². The molecule has 0 aromatic heterocycles. The Kier molecular flexibility index (Phi) is 2.40. The molecule has 74 valence electrons. The molecule has 0 N–H and O–H groups in total. The van der Waals surface area contributed by atoms with Crippen molar-refractivity contribution in [3.05, 3.63) is 23.0 Å². The van der Waals surface area contributed by atoms with Crippen molar-refractivity contribution in [1.82, 2.24) is 0 Å². The maximum Gasteiger partial charge on any atom is 0.428 e. The lowest BCUT2D eigenvalue weighted by Gasteiger charge is -2.28. The predicted octanol–water partition coefficient (Wildman–Crippen LogP) is 3.64. The third-order valence-electron chi connectivity index (χ3n) is 1.67. The molecular formula is C7H4ClF5. The Bertz CT molecular complexity index is 277. The first-order chi connectivity index (χ1) is 5.79. The van der Waals surface area contributed by atoms with Gasteiger partial charge in [-0.15, -0.1) is 0 Å². The predicted molar refractivity (Wildman–Crippen MR) is 37.6 cm³/mol. The summed E-state index contributed by atoms with van der Waals surface area (Å²) in [6, 6.07) is 0. The van der Waals surface area contributed by atoms with E-state index in [1.807, 2.05) is 0 Å². The SMILES string of the molecule is FC1=C(Cl)C(F)(C(F)(F)F)CC=C1.